The summed E-state index contributed by atoms with van der Waals surface area (Å²) in [6.07, 6.45) is 1.66. The second-order valence-electron chi connectivity index (χ2n) is 5.71. The fourth-order valence-electron chi connectivity index (χ4n) is 2.84. The third kappa shape index (κ3) is 4.31. The van der Waals surface area contributed by atoms with E-state index in [1.807, 2.05) is 0 Å². The zero-order valence-corrected chi connectivity index (χ0v) is 13.9. The van der Waals surface area contributed by atoms with Crippen molar-refractivity contribution in [3.63, 3.8) is 0 Å². The van der Waals surface area contributed by atoms with Crippen molar-refractivity contribution in [3.8, 4) is 0 Å². The molecule has 1 amide bonds. The first-order chi connectivity index (χ1) is 10.8. The van der Waals surface area contributed by atoms with Gasteiger partial charge >= 0.3 is 5.97 Å². The fourth-order valence-corrected chi connectivity index (χ4v) is 3.72. The number of carbonyl (C=O) groups is 2. The van der Waals surface area contributed by atoms with Crippen LogP contribution in [0.15, 0.2) is 29.2 Å². The molecule has 1 aromatic rings. The van der Waals surface area contributed by atoms with Crippen LogP contribution in [-0.4, -0.2) is 48.6 Å². The summed E-state index contributed by atoms with van der Waals surface area (Å²) in [7, 11) is -3.24. The van der Waals surface area contributed by atoms with Crippen LogP contribution < -0.4 is 0 Å². The average Bonchev–Trinajstić information content (AvgIpc) is 2.95. The van der Waals surface area contributed by atoms with Gasteiger partial charge in [-0.05, 0) is 30.5 Å². The summed E-state index contributed by atoms with van der Waals surface area (Å²) in [5, 5.41) is 8.90. The SMILES string of the molecule is CCS(=O)(=O)c1ccc(CC(=O)N2CCCC2CC(=O)O)cc1. The lowest BCUT2D eigenvalue weighted by atomic mass is 10.1. The Bertz CT molecular complexity index is 681. The van der Waals surface area contributed by atoms with Gasteiger partial charge in [-0.25, -0.2) is 8.42 Å². The van der Waals surface area contributed by atoms with Crippen LogP contribution in [0.25, 0.3) is 0 Å². The molecule has 0 spiro atoms. The molecule has 7 heteroatoms. The van der Waals surface area contributed by atoms with Crippen LogP contribution in [0.4, 0.5) is 0 Å². The van der Waals surface area contributed by atoms with Crippen molar-refractivity contribution in [3.05, 3.63) is 29.8 Å². The Morgan fingerprint density at radius 1 is 1.26 bits per heavy atom. The van der Waals surface area contributed by atoms with Gasteiger partial charge in [0.15, 0.2) is 9.84 Å². The van der Waals surface area contributed by atoms with Gasteiger partial charge in [0.1, 0.15) is 0 Å². The highest BCUT2D eigenvalue weighted by Gasteiger charge is 2.30. The number of carboxylic acids is 1. The molecule has 1 aliphatic heterocycles. The molecule has 0 aromatic heterocycles. The van der Waals surface area contributed by atoms with Crippen LogP contribution >= 0.6 is 0 Å². The van der Waals surface area contributed by atoms with E-state index in [-0.39, 0.29) is 35.4 Å². The van der Waals surface area contributed by atoms with Crippen molar-refractivity contribution < 1.29 is 23.1 Å². The number of benzene rings is 1. The molecule has 1 fully saturated rings. The Hall–Kier alpha value is -1.89. The number of likely N-dealkylation sites (tertiary alicyclic amines) is 1. The molecule has 0 bridgehead atoms. The summed E-state index contributed by atoms with van der Waals surface area (Å²) < 4.78 is 23.5. The van der Waals surface area contributed by atoms with Crippen molar-refractivity contribution in [1.29, 1.82) is 0 Å². The van der Waals surface area contributed by atoms with Gasteiger partial charge in [-0.1, -0.05) is 19.1 Å². The molecule has 1 aliphatic rings. The third-order valence-corrected chi connectivity index (χ3v) is 5.88. The smallest absolute Gasteiger partial charge is 0.305 e. The molecule has 2 rings (SSSR count). The number of nitrogens with zero attached hydrogens (tertiary/aromatic N) is 1. The van der Waals surface area contributed by atoms with E-state index in [2.05, 4.69) is 0 Å². The van der Waals surface area contributed by atoms with Crippen molar-refractivity contribution in [1.82, 2.24) is 4.90 Å². The number of hydrogen-bond donors (Lipinski definition) is 1. The van der Waals surface area contributed by atoms with E-state index < -0.39 is 15.8 Å². The summed E-state index contributed by atoms with van der Waals surface area (Å²) in [4.78, 5) is 25.1. The van der Waals surface area contributed by atoms with Crippen LogP contribution in [0.5, 0.6) is 0 Å². The molecular weight excluding hydrogens is 318 g/mol. The van der Waals surface area contributed by atoms with Gasteiger partial charge in [0, 0.05) is 12.6 Å². The lowest BCUT2D eigenvalue weighted by Crippen LogP contribution is -2.37. The summed E-state index contributed by atoms with van der Waals surface area (Å²) in [5.41, 5.74) is 0.728. The molecule has 0 saturated carbocycles. The van der Waals surface area contributed by atoms with E-state index in [1.54, 1.807) is 24.0 Å². The van der Waals surface area contributed by atoms with Crippen LogP contribution in [0, 0.1) is 0 Å². The number of sulfone groups is 1. The van der Waals surface area contributed by atoms with Crippen LogP contribution in [0.1, 0.15) is 31.7 Å². The van der Waals surface area contributed by atoms with E-state index in [0.29, 0.717) is 13.0 Å². The lowest BCUT2D eigenvalue weighted by molar-refractivity contribution is -0.139. The zero-order valence-electron chi connectivity index (χ0n) is 13.1. The minimum absolute atomic E-state index is 0.0284. The van der Waals surface area contributed by atoms with Crippen LogP contribution in [0.2, 0.25) is 0 Å². The maximum atomic E-state index is 12.4. The van der Waals surface area contributed by atoms with Crippen LogP contribution in [-0.2, 0) is 25.8 Å². The van der Waals surface area contributed by atoms with Crippen LogP contribution in [0.3, 0.4) is 0 Å². The quantitative estimate of drug-likeness (QED) is 0.848. The van der Waals surface area contributed by atoms with Crippen molar-refractivity contribution in [2.45, 2.75) is 43.5 Å². The summed E-state index contributed by atoms with van der Waals surface area (Å²) >= 11 is 0. The van der Waals surface area contributed by atoms with E-state index in [4.69, 9.17) is 5.11 Å². The first kappa shape index (κ1) is 17.5. The molecule has 1 atom stereocenters. The van der Waals surface area contributed by atoms with Crippen molar-refractivity contribution >= 4 is 21.7 Å². The Morgan fingerprint density at radius 2 is 1.91 bits per heavy atom. The van der Waals surface area contributed by atoms with E-state index in [0.717, 1.165) is 12.0 Å². The normalized spacial score (nSPS) is 18.1. The van der Waals surface area contributed by atoms with Gasteiger partial charge in [0.25, 0.3) is 0 Å². The average molecular weight is 339 g/mol. The highest BCUT2D eigenvalue weighted by Crippen LogP contribution is 2.21. The molecule has 1 N–H and O–H groups in total. The molecule has 126 valence electrons. The number of rotatable bonds is 6. The number of amides is 1. The standard InChI is InChI=1S/C16H21NO5S/c1-2-23(21,22)14-7-5-12(6-8-14)10-15(18)17-9-3-4-13(17)11-16(19)20/h5-8,13H,2-4,9-11H2,1H3,(H,19,20). The van der Waals surface area contributed by atoms with Gasteiger partial charge in [-0.15, -0.1) is 0 Å². The molecule has 23 heavy (non-hydrogen) atoms. The molecule has 0 radical (unpaired) electrons. The number of aliphatic carboxylic acids is 1. The molecule has 1 saturated heterocycles. The second-order valence-corrected chi connectivity index (χ2v) is 7.98. The first-order valence-corrected chi connectivity index (χ1v) is 9.31. The maximum absolute atomic E-state index is 12.4. The first-order valence-electron chi connectivity index (χ1n) is 7.66. The van der Waals surface area contributed by atoms with Gasteiger partial charge in [0.05, 0.1) is 23.5 Å². The Kier molecular flexibility index (Phi) is 5.41. The number of hydrogen-bond acceptors (Lipinski definition) is 4. The lowest BCUT2D eigenvalue weighted by Gasteiger charge is -2.23. The zero-order chi connectivity index (χ0) is 17.0. The monoisotopic (exact) mass is 339 g/mol. The number of carboxylic acid groups (broad SMARTS) is 1. The molecule has 0 aliphatic carbocycles. The predicted molar refractivity (Wildman–Crippen MR) is 84.9 cm³/mol. The van der Waals surface area contributed by atoms with E-state index >= 15 is 0 Å². The topological polar surface area (TPSA) is 91.8 Å². The van der Waals surface area contributed by atoms with E-state index in [9.17, 15) is 18.0 Å². The maximum Gasteiger partial charge on any atom is 0.305 e. The van der Waals surface area contributed by atoms with E-state index in [1.165, 1.54) is 12.1 Å². The van der Waals surface area contributed by atoms with Gasteiger partial charge in [-0.2, -0.15) is 0 Å². The Balaban J connectivity index is 2.04. The number of carbonyl (C=O) groups excluding carboxylic acids is 1. The van der Waals surface area contributed by atoms with Crippen molar-refractivity contribution in [2.24, 2.45) is 0 Å². The molecule has 1 heterocycles. The van der Waals surface area contributed by atoms with Gasteiger partial charge in [0.2, 0.25) is 5.91 Å². The minimum Gasteiger partial charge on any atom is -0.481 e. The summed E-state index contributed by atoms with van der Waals surface area (Å²) in [6, 6.07) is 6.07. The summed E-state index contributed by atoms with van der Waals surface area (Å²) in [5.74, 6) is -0.973. The van der Waals surface area contributed by atoms with Gasteiger partial charge < -0.3 is 10.0 Å². The highest BCUT2D eigenvalue weighted by molar-refractivity contribution is 7.91. The Morgan fingerprint density at radius 3 is 2.48 bits per heavy atom. The molecule has 1 unspecified atom stereocenters. The largest absolute Gasteiger partial charge is 0.481 e. The minimum atomic E-state index is -3.24. The highest BCUT2D eigenvalue weighted by atomic mass is 32.2. The van der Waals surface area contributed by atoms with Gasteiger partial charge in [-0.3, -0.25) is 9.59 Å². The molecule has 1 aromatic carbocycles. The molecular formula is C16H21NO5S. The molecule has 6 nitrogen and oxygen atoms in total. The van der Waals surface area contributed by atoms with Crippen molar-refractivity contribution in [2.75, 3.05) is 12.3 Å². The Labute approximate surface area is 136 Å². The predicted octanol–water partition coefficient (Wildman–Crippen LogP) is 1.49. The summed E-state index contributed by atoms with van der Waals surface area (Å²) in [6.45, 7) is 2.17. The fraction of sp³-hybridized carbons (Fsp3) is 0.500. The second kappa shape index (κ2) is 7.12. The third-order valence-electron chi connectivity index (χ3n) is 4.13.